The first-order valence-corrected chi connectivity index (χ1v) is 15.9. The summed E-state index contributed by atoms with van der Waals surface area (Å²) in [6, 6.07) is 25.3. The Bertz CT molecular complexity index is 1920. The molecule has 1 aromatic heterocycles. The second-order valence-corrected chi connectivity index (χ2v) is 12.2. The molecule has 1 aliphatic heterocycles. The van der Waals surface area contributed by atoms with Crippen LogP contribution in [0.1, 0.15) is 29.7 Å². The zero-order chi connectivity index (χ0) is 31.5. The summed E-state index contributed by atoms with van der Waals surface area (Å²) in [5, 5.41) is 22.8. The molecule has 11 heteroatoms. The summed E-state index contributed by atoms with van der Waals surface area (Å²) in [7, 11) is 2.98. The maximum Gasteiger partial charge on any atom is 0.301 e. The number of ketones is 1. The van der Waals surface area contributed by atoms with Gasteiger partial charge < -0.3 is 19.3 Å². The van der Waals surface area contributed by atoms with Crippen molar-refractivity contribution in [2.24, 2.45) is 0 Å². The first-order chi connectivity index (χ1) is 21.9. The first-order valence-electron chi connectivity index (χ1n) is 14.1. The molecule has 0 bridgehead atoms. The maximum atomic E-state index is 13.7. The van der Waals surface area contributed by atoms with E-state index in [4.69, 9.17) is 14.2 Å². The van der Waals surface area contributed by atoms with Crippen LogP contribution in [0.3, 0.4) is 0 Å². The van der Waals surface area contributed by atoms with Gasteiger partial charge in [-0.1, -0.05) is 77.7 Å². The van der Waals surface area contributed by atoms with Crippen molar-refractivity contribution in [3.8, 4) is 17.2 Å². The van der Waals surface area contributed by atoms with Crippen LogP contribution in [-0.4, -0.2) is 47.8 Å². The predicted octanol–water partition coefficient (Wildman–Crippen LogP) is 7.03. The quantitative estimate of drug-likeness (QED) is 0.0566. The number of thioether (sulfide) groups is 1. The van der Waals surface area contributed by atoms with Gasteiger partial charge in [0, 0.05) is 11.3 Å². The number of aliphatic hydroxyl groups excluding tert-OH is 1. The Morgan fingerprint density at radius 3 is 2.44 bits per heavy atom. The lowest BCUT2D eigenvalue weighted by atomic mass is 9.95. The molecule has 1 atom stereocenters. The number of rotatable bonds is 10. The Labute approximate surface area is 268 Å². The summed E-state index contributed by atoms with van der Waals surface area (Å²) in [6.07, 6.45) is 0. The normalized spacial score (nSPS) is 15.9. The fourth-order valence-corrected chi connectivity index (χ4v) is 7.18. The van der Waals surface area contributed by atoms with Crippen LogP contribution in [0.5, 0.6) is 17.2 Å². The van der Waals surface area contributed by atoms with Gasteiger partial charge in [-0.25, -0.2) is 0 Å². The van der Waals surface area contributed by atoms with E-state index in [1.165, 1.54) is 42.2 Å². The molecule has 1 saturated heterocycles. The highest BCUT2D eigenvalue weighted by Gasteiger charge is 2.48. The molecule has 228 valence electrons. The molecule has 0 aliphatic carbocycles. The van der Waals surface area contributed by atoms with Crippen molar-refractivity contribution in [1.82, 2.24) is 10.2 Å². The van der Waals surface area contributed by atoms with Crippen LogP contribution in [-0.2, 0) is 15.3 Å². The smallest absolute Gasteiger partial charge is 0.301 e. The average Bonchev–Trinajstić information content (AvgIpc) is 3.65. The average molecular weight is 640 g/mol. The number of carbonyl (C=O) groups is 2. The van der Waals surface area contributed by atoms with E-state index < -0.39 is 17.7 Å². The minimum Gasteiger partial charge on any atom is -0.507 e. The standard InChI is InChI=1S/C34H29N3O6S2/c1-4-43-24-15-12-21(13-16-24)29-28(30(38)22-14-17-26(41-2)27(18-22)42-3)31(39)32(40)37(29)33-35-36-34(45-33)44-19-23-10-7-9-20-8-5-6-11-25(20)23/h5-18,29,38H,4,19H2,1-3H3/t29-/m0/s1. The van der Waals surface area contributed by atoms with Crippen LogP contribution in [0.2, 0.25) is 0 Å². The van der Waals surface area contributed by atoms with E-state index in [1.54, 1.807) is 42.5 Å². The van der Waals surface area contributed by atoms with E-state index in [-0.39, 0.29) is 16.5 Å². The molecular formula is C34H29N3O6S2. The molecule has 0 radical (unpaired) electrons. The number of hydrogen-bond donors (Lipinski definition) is 1. The third-order valence-corrected chi connectivity index (χ3v) is 9.55. The third-order valence-electron chi connectivity index (χ3n) is 7.44. The predicted molar refractivity (Wildman–Crippen MR) is 175 cm³/mol. The van der Waals surface area contributed by atoms with Crippen LogP contribution in [0.15, 0.2) is 94.8 Å². The van der Waals surface area contributed by atoms with Crippen molar-refractivity contribution < 1.29 is 28.9 Å². The monoisotopic (exact) mass is 639 g/mol. The molecule has 6 rings (SSSR count). The number of Topliss-reactive ketones (excluding diaryl/α,β-unsaturated/α-hetero) is 1. The van der Waals surface area contributed by atoms with Gasteiger partial charge in [0.1, 0.15) is 11.5 Å². The number of carbonyl (C=O) groups excluding carboxylic acids is 2. The van der Waals surface area contributed by atoms with Gasteiger partial charge in [0.15, 0.2) is 15.8 Å². The van der Waals surface area contributed by atoms with Gasteiger partial charge in [0.05, 0.1) is 32.4 Å². The van der Waals surface area contributed by atoms with Gasteiger partial charge >= 0.3 is 5.91 Å². The van der Waals surface area contributed by atoms with Crippen molar-refractivity contribution in [3.63, 3.8) is 0 Å². The number of aromatic nitrogens is 2. The second-order valence-electron chi connectivity index (χ2n) is 10.0. The van der Waals surface area contributed by atoms with Gasteiger partial charge in [-0.15, -0.1) is 10.2 Å². The highest BCUT2D eigenvalue weighted by atomic mass is 32.2. The molecule has 5 aromatic rings. The zero-order valence-electron chi connectivity index (χ0n) is 24.7. The van der Waals surface area contributed by atoms with E-state index in [1.807, 2.05) is 25.1 Å². The molecule has 0 spiro atoms. The Kier molecular flexibility index (Phi) is 8.72. The van der Waals surface area contributed by atoms with Crippen molar-refractivity contribution >= 4 is 56.5 Å². The molecule has 9 nitrogen and oxygen atoms in total. The van der Waals surface area contributed by atoms with Crippen molar-refractivity contribution in [1.29, 1.82) is 0 Å². The highest BCUT2D eigenvalue weighted by Crippen LogP contribution is 2.45. The third kappa shape index (κ3) is 5.84. The number of benzene rings is 4. The molecule has 1 N–H and O–H groups in total. The van der Waals surface area contributed by atoms with Crippen molar-refractivity contribution in [2.75, 3.05) is 25.7 Å². The van der Waals surface area contributed by atoms with Crippen molar-refractivity contribution in [3.05, 3.63) is 107 Å². The number of fused-ring (bicyclic) bond motifs is 1. The topological polar surface area (TPSA) is 111 Å². The molecule has 0 unspecified atom stereocenters. The van der Waals surface area contributed by atoms with E-state index in [2.05, 4.69) is 34.5 Å². The Hall–Kier alpha value is -4.87. The van der Waals surface area contributed by atoms with E-state index in [0.717, 1.165) is 16.3 Å². The molecule has 2 heterocycles. The van der Waals surface area contributed by atoms with Gasteiger partial charge in [-0.05, 0) is 59.2 Å². The molecule has 1 amide bonds. The summed E-state index contributed by atoms with van der Waals surface area (Å²) in [4.78, 5) is 28.6. The summed E-state index contributed by atoms with van der Waals surface area (Å²) >= 11 is 2.72. The van der Waals surface area contributed by atoms with Gasteiger partial charge in [-0.3, -0.25) is 14.5 Å². The summed E-state index contributed by atoms with van der Waals surface area (Å²) in [6.45, 7) is 2.37. The lowest BCUT2D eigenvalue weighted by Gasteiger charge is -2.23. The molecule has 1 aliphatic rings. The zero-order valence-corrected chi connectivity index (χ0v) is 26.4. The summed E-state index contributed by atoms with van der Waals surface area (Å²) < 4.78 is 17.0. The summed E-state index contributed by atoms with van der Waals surface area (Å²) in [5.74, 6) is 0.132. The van der Waals surface area contributed by atoms with Crippen LogP contribution in [0.25, 0.3) is 16.5 Å². The first kappa shape index (κ1) is 30.2. The Morgan fingerprint density at radius 1 is 0.933 bits per heavy atom. The van der Waals surface area contributed by atoms with Crippen LogP contribution in [0.4, 0.5) is 5.13 Å². The number of methoxy groups -OCH3 is 2. The minimum absolute atomic E-state index is 0.0726. The molecule has 4 aromatic carbocycles. The molecular weight excluding hydrogens is 611 g/mol. The molecule has 1 fully saturated rings. The highest BCUT2D eigenvalue weighted by molar-refractivity contribution is 8.00. The second kappa shape index (κ2) is 13.0. The largest absolute Gasteiger partial charge is 0.507 e. The summed E-state index contributed by atoms with van der Waals surface area (Å²) in [5.41, 5.74) is 1.97. The number of nitrogens with zero attached hydrogens (tertiary/aromatic N) is 3. The van der Waals surface area contributed by atoms with Crippen LogP contribution in [0, 0.1) is 0 Å². The van der Waals surface area contributed by atoms with Crippen LogP contribution >= 0.6 is 23.1 Å². The number of aliphatic hydroxyl groups is 1. The van der Waals surface area contributed by atoms with Gasteiger partial charge in [0.2, 0.25) is 5.13 Å². The molecule has 0 saturated carbocycles. The number of hydrogen-bond acceptors (Lipinski definition) is 10. The lowest BCUT2D eigenvalue weighted by molar-refractivity contribution is -0.132. The van der Waals surface area contributed by atoms with Crippen LogP contribution < -0.4 is 19.1 Å². The number of ether oxygens (including phenoxy) is 3. The minimum atomic E-state index is -0.961. The fourth-order valence-electron chi connectivity index (χ4n) is 5.31. The van der Waals surface area contributed by atoms with E-state index in [0.29, 0.717) is 45.1 Å². The lowest BCUT2D eigenvalue weighted by Crippen LogP contribution is -2.29. The maximum absolute atomic E-state index is 13.7. The number of amides is 1. The molecule has 45 heavy (non-hydrogen) atoms. The van der Waals surface area contributed by atoms with E-state index in [9.17, 15) is 14.7 Å². The van der Waals surface area contributed by atoms with Gasteiger partial charge in [-0.2, -0.15) is 0 Å². The van der Waals surface area contributed by atoms with Gasteiger partial charge in [0.25, 0.3) is 5.78 Å². The number of anilines is 1. The van der Waals surface area contributed by atoms with Crippen molar-refractivity contribution in [2.45, 2.75) is 23.1 Å². The SMILES string of the molecule is CCOc1ccc([C@H]2C(=C(O)c3ccc(OC)c(OC)c3)C(=O)C(=O)N2c2nnc(SCc3cccc4ccccc34)s2)cc1. The Morgan fingerprint density at radius 2 is 1.69 bits per heavy atom. The van der Waals surface area contributed by atoms with E-state index >= 15 is 0 Å². The Balaban J connectivity index is 1.38. The fraction of sp³-hybridized carbons (Fsp3) is 0.176.